The molecule has 0 aliphatic carbocycles. The van der Waals surface area contributed by atoms with E-state index in [4.69, 9.17) is 4.74 Å². The fourth-order valence-electron chi connectivity index (χ4n) is 1.37. The summed E-state index contributed by atoms with van der Waals surface area (Å²) in [7, 11) is 0. The van der Waals surface area contributed by atoms with E-state index in [1.54, 1.807) is 6.92 Å². The number of H-pyrrole nitrogens is 1. The van der Waals surface area contributed by atoms with E-state index in [1.807, 2.05) is 0 Å². The quantitative estimate of drug-likeness (QED) is 0.863. The van der Waals surface area contributed by atoms with E-state index in [2.05, 4.69) is 20.7 Å². The lowest BCUT2D eigenvalue weighted by Crippen LogP contribution is -2.13. The van der Waals surface area contributed by atoms with E-state index in [-0.39, 0.29) is 11.4 Å². The molecule has 7 heteroatoms. The van der Waals surface area contributed by atoms with Crippen LogP contribution in [0.5, 0.6) is 5.75 Å². The van der Waals surface area contributed by atoms with Crippen molar-refractivity contribution >= 4 is 11.6 Å². The molecule has 0 atom stereocenters. The third-order valence-corrected chi connectivity index (χ3v) is 2.14. The Morgan fingerprint density at radius 1 is 1.56 bits per heavy atom. The van der Waals surface area contributed by atoms with Crippen LogP contribution >= 0.6 is 0 Å². The highest BCUT2D eigenvalue weighted by Crippen LogP contribution is 2.25. The van der Waals surface area contributed by atoms with Crippen LogP contribution in [0.1, 0.15) is 17.4 Å². The van der Waals surface area contributed by atoms with Gasteiger partial charge in [0.2, 0.25) is 0 Å². The van der Waals surface area contributed by atoms with E-state index in [9.17, 15) is 9.18 Å². The number of amides is 1. The Morgan fingerprint density at radius 3 is 3.06 bits per heavy atom. The first-order valence-corrected chi connectivity index (χ1v) is 5.30. The number of carbonyl (C=O) groups is 1. The highest BCUT2D eigenvalue weighted by Gasteiger charge is 2.12. The van der Waals surface area contributed by atoms with E-state index in [0.29, 0.717) is 12.3 Å². The Labute approximate surface area is 102 Å². The zero-order valence-electron chi connectivity index (χ0n) is 9.61. The molecule has 0 bridgehead atoms. The number of hydrogen-bond acceptors (Lipinski definition) is 4. The lowest BCUT2D eigenvalue weighted by atomic mass is 10.2. The van der Waals surface area contributed by atoms with Crippen molar-refractivity contribution in [2.75, 3.05) is 11.9 Å². The number of aromatic amines is 1. The fraction of sp³-hybridized carbons (Fsp3) is 0.182. The zero-order valence-corrected chi connectivity index (χ0v) is 9.61. The monoisotopic (exact) mass is 250 g/mol. The van der Waals surface area contributed by atoms with Gasteiger partial charge in [-0.1, -0.05) is 0 Å². The number of aromatic nitrogens is 3. The first-order chi connectivity index (χ1) is 8.70. The number of rotatable bonds is 4. The highest BCUT2D eigenvalue weighted by atomic mass is 19.1. The smallest absolute Gasteiger partial charge is 0.277 e. The van der Waals surface area contributed by atoms with Gasteiger partial charge in [-0.15, -0.1) is 0 Å². The summed E-state index contributed by atoms with van der Waals surface area (Å²) in [4.78, 5) is 11.7. The molecule has 18 heavy (non-hydrogen) atoms. The minimum atomic E-state index is -0.448. The molecule has 1 amide bonds. The summed E-state index contributed by atoms with van der Waals surface area (Å²) in [5.74, 6) is -0.608. The predicted octanol–water partition coefficient (Wildman–Crippen LogP) is 1.59. The lowest BCUT2D eigenvalue weighted by Gasteiger charge is -2.10. The molecule has 94 valence electrons. The van der Waals surface area contributed by atoms with Crippen molar-refractivity contribution in [3.8, 4) is 5.75 Å². The molecule has 0 saturated heterocycles. The largest absolute Gasteiger partial charge is 0.492 e. The van der Waals surface area contributed by atoms with Crippen LogP contribution in [-0.2, 0) is 0 Å². The number of carbonyl (C=O) groups excluding carboxylic acids is 1. The van der Waals surface area contributed by atoms with Gasteiger partial charge in [-0.05, 0) is 19.1 Å². The summed E-state index contributed by atoms with van der Waals surface area (Å²) < 4.78 is 18.3. The van der Waals surface area contributed by atoms with Crippen LogP contribution in [0.15, 0.2) is 24.4 Å². The van der Waals surface area contributed by atoms with Crippen LogP contribution in [0.3, 0.4) is 0 Å². The summed E-state index contributed by atoms with van der Waals surface area (Å²) in [5.41, 5.74) is 0.521. The van der Waals surface area contributed by atoms with Gasteiger partial charge in [-0.25, -0.2) is 4.39 Å². The second-order valence-corrected chi connectivity index (χ2v) is 3.38. The molecule has 6 nitrogen and oxygen atoms in total. The Kier molecular flexibility index (Phi) is 3.52. The molecule has 1 aromatic heterocycles. The molecular formula is C11H11FN4O2. The molecule has 0 fully saturated rings. The van der Waals surface area contributed by atoms with E-state index >= 15 is 0 Å². The van der Waals surface area contributed by atoms with Crippen LogP contribution in [-0.4, -0.2) is 27.9 Å². The van der Waals surface area contributed by atoms with Gasteiger partial charge in [-0.2, -0.15) is 15.4 Å². The molecule has 0 unspecified atom stereocenters. The first-order valence-electron chi connectivity index (χ1n) is 5.30. The highest BCUT2D eigenvalue weighted by molar-refractivity contribution is 6.03. The second-order valence-electron chi connectivity index (χ2n) is 3.38. The van der Waals surface area contributed by atoms with Gasteiger partial charge in [0.25, 0.3) is 5.91 Å². The standard InChI is InChI=1S/C11H11FN4O2/c1-2-18-10-5-7(12)3-4-8(10)14-11(17)9-6-13-16-15-9/h3-6H,2H2,1H3,(H,14,17)(H,13,15,16). The third kappa shape index (κ3) is 2.62. The minimum Gasteiger partial charge on any atom is -0.492 e. The molecule has 0 radical (unpaired) electrons. The third-order valence-electron chi connectivity index (χ3n) is 2.14. The Morgan fingerprint density at radius 2 is 2.39 bits per heavy atom. The second kappa shape index (κ2) is 5.26. The molecule has 1 heterocycles. The van der Waals surface area contributed by atoms with Crippen LogP contribution in [0.25, 0.3) is 0 Å². The van der Waals surface area contributed by atoms with Crippen LogP contribution in [0.4, 0.5) is 10.1 Å². The van der Waals surface area contributed by atoms with E-state index in [0.717, 1.165) is 0 Å². The molecular weight excluding hydrogens is 239 g/mol. The van der Waals surface area contributed by atoms with Crippen molar-refractivity contribution in [3.05, 3.63) is 35.9 Å². The molecule has 0 spiro atoms. The van der Waals surface area contributed by atoms with Crippen molar-refractivity contribution in [1.29, 1.82) is 0 Å². The molecule has 1 aromatic carbocycles. The number of halogens is 1. The lowest BCUT2D eigenvalue weighted by molar-refractivity contribution is 0.102. The SMILES string of the molecule is CCOc1cc(F)ccc1NC(=O)c1cn[nH]n1. The number of anilines is 1. The van der Waals surface area contributed by atoms with E-state index < -0.39 is 11.7 Å². The topological polar surface area (TPSA) is 79.9 Å². The average Bonchev–Trinajstić information content (AvgIpc) is 2.86. The van der Waals surface area contributed by atoms with Gasteiger partial charge in [0.15, 0.2) is 5.69 Å². The van der Waals surface area contributed by atoms with Gasteiger partial charge in [0.1, 0.15) is 11.6 Å². The molecule has 0 aliphatic rings. The number of nitrogens with one attached hydrogen (secondary N) is 2. The molecule has 2 aromatic rings. The summed E-state index contributed by atoms with van der Waals surface area (Å²) in [6.45, 7) is 2.14. The van der Waals surface area contributed by atoms with Crippen molar-refractivity contribution < 1.29 is 13.9 Å². The molecule has 2 N–H and O–H groups in total. The van der Waals surface area contributed by atoms with Crippen LogP contribution < -0.4 is 10.1 Å². The zero-order chi connectivity index (χ0) is 13.0. The number of benzene rings is 1. The fourth-order valence-corrected chi connectivity index (χ4v) is 1.37. The van der Waals surface area contributed by atoms with Gasteiger partial charge >= 0.3 is 0 Å². The van der Waals surface area contributed by atoms with Crippen molar-refractivity contribution in [2.24, 2.45) is 0 Å². The number of ether oxygens (including phenoxy) is 1. The van der Waals surface area contributed by atoms with Gasteiger partial charge in [0, 0.05) is 6.07 Å². The normalized spacial score (nSPS) is 10.1. The Balaban J connectivity index is 2.20. The van der Waals surface area contributed by atoms with Crippen molar-refractivity contribution in [3.63, 3.8) is 0 Å². The predicted molar refractivity (Wildman–Crippen MR) is 61.9 cm³/mol. The van der Waals surface area contributed by atoms with Crippen LogP contribution in [0, 0.1) is 5.82 Å². The summed E-state index contributed by atoms with van der Waals surface area (Å²) in [6.07, 6.45) is 1.29. The maximum Gasteiger partial charge on any atom is 0.277 e. The van der Waals surface area contributed by atoms with E-state index in [1.165, 1.54) is 24.4 Å². The van der Waals surface area contributed by atoms with Crippen LogP contribution in [0.2, 0.25) is 0 Å². The summed E-state index contributed by atoms with van der Waals surface area (Å²) >= 11 is 0. The van der Waals surface area contributed by atoms with Gasteiger partial charge < -0.3 is 10.1 Å². The molecule has 0 saturated carbocycles. The van der Waals surface area contributed by atoms with Crippen molar-refractivity contribution in [1.82, 2.24) is 15.4 Å². The maximum absolute atomic E-state index is 13.1. The number of nitrogens with zero attached hydrogens (tertiary/aromatic N) is 2. The number of hydrogen-bond donors (Lipinski definition) is 2. The van der Waals surface area contributed by atoms with Gasteiger partial charge in [0.05, 0.1) is 18.5 Å². The van der Waals surface area contributed by atoms with Crippen molar-refractivity contribution in [2.45, 2.75) is 6.92 Å². The summed E-state index contributed by atoms with van der Waals surface area (Å²) in [5, 5.41) is 12.1. The minimum absolute atomic E-state index is 0.141. The first kappa shape index (κ1) is 12.0. The average molecular weight is 250 g/mol. The molecule has 0 aliphatic heterocycles. The molecule has 2 rings (SSSR count). The maximum atomic E-state index is 13.1. The van der Waals surface area contributed by atoms with Gasteiger partial charge in [-0.3, -0.25) is 4.79 Å². The Hall–Kier alpha value is -2.44. The summed E-state index contributed by atoms with van der Waals surface area (Å²) in [6, 6.07) is 3.88. The Bertz CT molecular complexity index is 542.